The van der Waals surface area contributed by atoms with Gasteiger partial charge in [-0.2, -0.15) is 0 Å². The van der Waals surface area contributed by atoms with Crippen LogP contribution in [0.25, 0.3) is 6.08 Å². The van der Waals surface area contributed by atoms with Crippen LogP contribution < -0.4 is 0 Å². The average Bonchev–Trinajstić information content (AvgIpc) is 2.16. The zero-order chi connectivity index (χ0) is 10.6. The average molecular weight is 215 g/mol. The molecule has 74 valence electrons. The molecule has 0 saturated heterocycles. The number of halogens is 1. The molecule has 0 saturated carbocycles. The normalized spacial score (nSPS) is 10.7. The summed E-state index contributed by atoms with van der Waals surface area (Å²) in [6, 6.07) is 0. The van der Waals surface area contributed by atoms with Crippen molar-refractivity contribution in [3.8, 4) is 0 Å². The number of rotatable bonds is 3. The van der Waals surface area contributed by atoms with Gasteiger partial charge in [0.25, 0.3) is 0 Å². The lowest BCUT2D eigenvalue weighted by Gasteiger charge is -1.97. The second-order valence-corrected chi connectivity index (χ2v) is 2.78. The summed E-state index contributed by atoms with van der Waals surface area (Å²) in [5.41, 5.74) is 0.168. The predicted octanol–water partition coefficient (Wildman–Crippen LogP) is 1.65. The molecule has 0 unspecified atom stereocenters. The number of hydrogen-bond donors (Lipinski definition) is 1. The molecule has 6 heteroatoms. The first kappa shape index (κ1) is 10.6. The summed E-state index contributed by atoms with van der Waals surface area (Å²) in [6.45, 7) is -0.154. The fourth-order valence-corrected chi connectivity index (χ4v) is 1.10. The van der Waals surface area contributed by atoms with Gasteiger partial charge in [-0.15, -0.1) is 0 Å². The Kier molecular flexibility index (Phi) is 3.55. The van der Waals surface area contributed by atoms with Crippen LogP contribution in [0.3, 0.4) is 0 Å². The molecule has 0 radical (unpaired) electrons. The minimum atomic E-state index is -0.606. The molecular formula is C8H7ClN2O3. The van der Waals surface area contributed by atoms with Gasteiger partial charge in [0, 0.05) is 11.8 Å². The van der Waals surface area contributed by atoms with Gasteiger partial charge in [-0.25, -0.2) is 0 Å². The third-order valence-electron chi connectivity index (χ3n) is 1.49. The van der Waals surface area contributed by atoms with E-state index in [9.17, 15) is 10.1 Å². The summed E-state index contributed by atoms with van der Waals surface area (Å²) in [5.74, 6) is 0. The van der Waals surface area contributed by atoms with Crippen LogP contribution in [0.1, 0.15) is 5.56 Å². The van der Waals surface area contributed by atoms with Crippen molar-refractivity contribution < 1.29 is 10.0 Å². The first-order valence-corrected chi connectivity index (χ1v) is 4.10. The SMILES string of the molecule is O=[N+]([O-])c1cncc(C=CCO)c1Cl. The molecule has 0 bridgehead atoms. The lowest BCUT2D eigenvalue weighted by molar-refractivity contribution is -0.385. The molecule has 1 aromatic heterocycles. The molecule has 0 spiro atoms. The van der Waals surface area contributed by atoms with Crippen LogP contribution in [0.2, 0.25) is 5.02 Å². The van der Waals surface area contributed by atoms with Crippen molar-refractivity contribution >= 4 is 23.4 Å². The van der Waals surface area contributed by atoms with E-state index in [-0.39, 0.29) is 17.3 Å². The van der Waals surface area contributed by atoms with Crippen molar-refractivity contribution in [2.24, 2.45) is 0 Å². The van der Waals surface area contributed by atoms with E-state index in [1.54, 1.807) is 0 Å². The van der Waals surface area contributed by atoms with Gasteiger partial charge in [0.1, 0.15) is 11.2 Å². The molecule has 5 nitrogen and oxygen atoms in total. The van der Waals surface area contributed by atoms with E-state index in [4.69, 9.17) is 16.7 Å². The van der Waals surface area contributed by atoms with Crippen molar-refractivity contribution in [3.63, 3.8) is 0 Å². The van der Waals surface area contributed by atoms with E-state index in [1.807, 2.05) is 0 Å². The zero-order valence-corrected chi connectivity index (χ0v) is 7.81. The molecule has 1 heterocycles. The Morgan fingerprint density at radius 3 is 2.93 bits per heavy atom. The number of nitro groups is 1. The zero-order valence-electron chi connectivity index (χ0n) is 7.05. The van der Waals surface area contributed by atoms with Crippen LogP contribution in [-0.2, 0) is 0 Å². The lowest BCUT2D eigenvalue weighted by atomic mass is 10.2. The van der Waals surface area contributed by atoms with E-state index in [0.29, 0.717) is 5.56 Å². The standard InChI is InChI=1S/C8H7ClN2O3/c9-8-6(2-1-3-12)4-10-5-7(8)11(13)14/h1-2,4-5,12H,3H2. The van der Waals surface area contributed by atoms with Crippen molar-refractivity contribution in [1.82, 2.24) is 4.98 Å². The van der Waals surface area contributed by atoms with Gasteiger partial charge in [-0.3, -0.25) is 15.1 Å². The molecule has 0 aromatic carbocycles. The Labute approximate surface area is 84.8 Å². The maximum atomic E-state index is 10.5. The Hall–Kier alpha value is -1.46. The Balaban J connectivity index is 3.14. The fourth-order valence-electron chi connectivity index (χ4n) is 0.873. The molecule has 0 fully saturated rings. The molecule has 1 rings (SSSR count). The maximum absolute atomic E-state index is 10.5. The largest absolute Gasteiger partial charge is 0.392 e. The number of hydrogen-bond acceptors (Lipinski definition) is 4. The highest BCUT2D eigenvalue weighted by atomic mass is 35.5. The summed E-state index contributed by atoms with van der Waals surface area (Å²) in [5, 5.41) is 19.0. The number of aliphatic hydroxyl groups is 1. The lowest BCUT2D eigenvalue weighted by Crippen LogP contribution is -1.92. The topological polar surface area (TPSA) is 76.3 Å². The molecule has 0 aliphatic heterocycles. The Morgan fingerprint density at radius 2 is 2.36 bits per heavy atom. The predicted molar refractivity (Wildman–Crippen MR) is 52.0 cm³/mol. The highest BCUT2D eigenvalue weighted by Gasteiger charge is 2.14. The molecule has 1 aromatic rings. The second-order valence-electron chi connectivity index (χ2n) is 2.40. The summed E-state index contributed by atoms with van der Waals surface area (Å²) in [4.78, 5) is 13.5. The molecule has 0 amide bonds. The van der Waals surface area contributed by atoms with E-state index >= 15 is 0 Å². The number of nitrogens with zero attached hydrogens (tertiary/aromatic N) is 2. The van der Waals surface area contributed by atoms with E-state index in [1.165, 1.54) is 18.3 Å². The summed E-state index contributed by atoms with van der Waals surface area (Å²) < 4.78 is 0. The van der Waals surface area contributed by atoms with Crippen LogP contribution in [0.4, 0.5) is 5.69 Å². The summed E-state index contributed by atoms with van der Waals surface area (Å²) in [7, 11) is 0. The highest BCUT2D eigenvalue weighted by molar-refractivity contribution is 6.34. The third kappa shape index (κ3) is 2.27. The van der Waals surface area contributed by atoms with Gasteiger partial charge >= 0.3 is 5.69 Å². The number of aliphatic hydroxyl groups excluding tert-OH is 1. The summed E-state index contributed by atoms with van der Waals surface area (Å²) >= 11 is 5.72. The van der Waals surface area contributed by atoms with Gasteiger partial charge in [0.2, 0.25) is 0 Å². The van der Waals surface area contributed by atoms with Crippen LogP contribution in [-0.4, -0.2) is 21.6 Å². The third-order valence-corrected chi connectivity index (χ3v) is 1.90. The molecule has 1 N–H and O–H groups in total. The van der Waals surface area contributed by atoms with Crippen LogP contribution in [0.15, 0.2) is 18.5 Å². The second kappa shape index (κ2) is 4.69. The van der Waals surface area contributed by atoms with E-state index in [2.05, 4.69) is 4.98 Å². The summed E-state index contributed by atoms with van der Waals surface area (Å²) in [6.07, 6.45) is 5.37. The van der Waals surface area contributed by atoms with Gasteiger partial charge in [0.05, 0.1) is 11.5 Å². The Bertz CT molecular complexity index is 379. The van der Waals surface area contributed by atoms with Crippen molar-refractivity contribution in [2.45, 2.75) is 0 Å². The highest BCUT2D eigenvalue weighted by Crippen LogP contribution is 2.27. The van der Waals surface area contributed by atoms with E-state index < -0.39 is 4.92 Å². The monoisotopic (exact) mass is 214 g/mol. The maximum Gasteiger partial charge on any atom is 0.306 e. The smallest absolute Gasteiger partial charge is 0.306 e. The minimum absolute atomic E-state index is 0.0229. The van der Waals surface area contributed by atoms with Gasteiger partial charge in [-0.05, 0) is 0 Å². The van der Waals surface area contributed by atoms with Gasteiger partial charge < -0.3 is 5.11 Å². The molecule has 0 atom stereocenters. The van der Waals surface area contributed by atoms with Crippen LogP contribution in [0.5, 0.6) is 0 Å². The quantitative estimate of drug-likeness (QED) is 0.613. The first-order valence-electron chi connectivity index (χ1n) is 3.72. The number of aromatic nitrogens is 1. The van der Waals surface area contributed by atoms with Crippen LogP contribution in [0, 0.1) is 10.1 Å². The van der Waals surface area contributed by atoms with Gasteiger partial charge in [0.15, 0.2) is 0 Å². The van der Waals surface area contributed by atoms with E-state index in [0.717, 1.165) is 6.20 Å². The minimum Gasteiger partial charge on any atom is -0.392 e. The van der Waals surface area contributed by atoms with Crippen molar-refractivity contribution in [1.29, 1.82) is 0 Å². The first-order chi connectivity index (χ1) is 6.66. The van der Waals surface area contributed by atoms with Crippen molar-refractivity contribution in [3.05, 3.63) is 39.2 Å². The molecular weight excluding hydrogens is 208 g/mol. The van der Waals surface area contributed by atoms with Crippen molar-refractivity contribution in [2.75, 3.05) is 6.61 Å². The molecule has 14 heavy (non-hydrogen) atoms. The molecule has 0 aliphatic rings. The van der Waals surface area contributed by atoms with Gasteiger partial charge in [-0.1, -0.05) is 23.8 Å². The van der Waals surface area contributed by atoms with Crippen LogP contribution >= 0.6 is 11.6 Å². The Morgan fingerprint density at radius 1 is 1.64 bits per heavy atom. The number of pyridine rings is 1. The molecule has 0 aliphatic carbocycles. The fraction of sp³-hybridized carbons (Fsp3) is 0.125.